The predicted octanol–water partition coefficient (Wildman–Crippen LogP) is 3.22. The third-order valence-corrected chi connectivity index (χ3v) is 7.44. The maximum Gasteiger partial charge on any atom is 0.218 e. The summed E-state index contributed by atoms with van der Waals surface area (Å²) >= 11 is 1.70. The molecular weight excluding hydrogens is 406 g/mol. The van der Waals surface area contributed by atoms with E-state index in [1.165, 1.54) is 70.4 Å². The Labute approximate surface area is 191 Å². The molecule has 2 saturated heterocycles. The molecule has 0 bridgehead atoms. The quantitative estimate of drug-likeness (QED) is 0.567. The number of rotatable bonds is 10. The zero-order valence-electron chi connectivity index (χ0n) is 19.1. The molecule has 2 aromatic heterocycles. The molecule has 0 atom stereocenters. The van der Waals surface area contributed by atoms with Crippen LogP contribution in [0.15, 0.2) is 18.3 Å². The van der Waals surface area contributed by atoms with Gasteiger partial charge in [0.2, 0.25) is 10.3 Å². The van der Waals surface area contributed by atoms with Gasteiger partial charge in [-0.2, -0.15) is 0 Å². The summed E-state index contributed by atoms with van der Waals surface area (Å²) in [6, 6.07) is 4.30. The lowest BCUT2D eigenvalue weighted by atomic mass is 10.2. The van der Waals surface area contributed by atoms with Gasteiger partial charge in [-0.15, -0.1) is 10.2 Å². The van der Waals surface area contributed by atoms with Crippen molar-refractivity contribution < 1.29 is 0 Å². The Kier molecular flexibility index (Phi) is 8.75. The van der Waals surface area contributed by atoms with Crippen molar-refractivity contribution in [3.63, 3.8) is 0 Å². The summed E-state index contributed by atoms with van der Waals surface area (Å²) in [6.07, 6.45) is 10.1. The van der Waals surface area contributed by atoms with Gasteiger partial charge in [0, 0.05) is 44.6 Å². The minimum Gasteiger partial charge on any atom is -0.344 e. The van der Waals surface area contributed by atoms with Gasteiger partial charge in [0.15, 0.2) is 0 Å². The fourth-order valence-corrected chi connectivity index (χ4v) is 5.58. The topological polar surface area (TPSA) is 52.5 Å². The Morgan fingerprint density at radius 3 is 2.42 bits per heavy atom. The Balaban J connectivity index is 1.23. The first-order valence-corrected chi connectivity index (χ1v) is 13.1. The third kappa shape index (κ3) is 6.51. The average molecular weight is 446 g/mol. The van der Waals surface area contributed by atoms with Crippen LogP contribution in [0.3, 0.4) is 0 Å². The van der Waals surface area contributed by atoms with Gasteiger partial charge in [0.25, 0.3) is 0 Å². The van der Waals surface area contributed by atoms with Gasteiger partial charge in [-0.25, -0.2) is 0 Å². The van der Waals surface area contributed by atoms with Crippen molar-refractivity contribution in [2.24, 2.45) is 0 Å². The molecule has 7 nitrogen and oxygen atoms in total. The largest absolute Gasteiger partial charge is 0.344 e. The maximum absolute atomic E-state index is 4.51. The summed E-state index contributed by atoms with van der Waals surface area (Å²) in [5, 5.41) is 14.7. The van der Waals surface area contributed by atoms with Crippen molar-refractivity contribution in [1.82, 2.24) is 29.9 Å². The second kappa shape index (κ2) is 11.9. The highest BCUT2D eigenvalue weighted by Crippen LogP contribution is 2.25. The summed E-state index contributed by atoms with van der Waals surface area (Å²) in [4.78, 5) is 7.57. The van der Waals surface area contributed by atoms with Crippen LogP contribution in [-0.2, 0) is 6.54 Å². The van der Waals surface area contributed by atoms with Gasteiger partial charge < -0.3 is 15.1 Å². The number of hydrogen-bond donors (Lipinski definition) is 1. The van der Waals surface area contributed by atoms with Crippen molar-refractivity contribution in [3.05, 3.63) is 24.0 Å². The minimum absolute atomic E-state index is 0.873. The zero-order chi connectivity index (χ0) is 21.3. The summed E-state index contributed by atoms with van der Waals surface area (Å²) in [5.74, 6) is 0. The fraction of sp³-hybridized carbons (Fsp3) is 0.739. The molecule has 2 aliphatic rings. The molecule has 2 aliphatic heterocycles. The van der Waals surface area contributed by atoms with Crippen LogP contribution in [-0.4, -0.2) is 83.5 Å². The lowest BCUT2D eigenvalue weighted by Crippen LogP contribution is -2.46. The van der Waals surface area contributed by atoms with Crippen molar-refractivity contribution >= 4 is 16.5 Å². The fourth-order valence-electron chi connectivity index (χ4n) is 4.66. The second-order valence-electron chi connectivity index (χ2n) is 8.85. The summed E-state index contributed by atoms with van der Waals surface area (Å²) in [6.45, 7) is 13.5. The molecule has 1 N–H and O–H groups in total. The molecule has 4 rings (SSSR count). The highest BCUT2D eigenvalue weighted by atomic mass is 32.1. The van der Waals surface area contributed by atoms with Crippen LogP contribution in [0.5, 0.6) is 0 Å². The Morgan fingerprint density at radius 1 is 0.903 bits per heavy atom. The van der Waals surface area contributed by atoms with Crippen LogP contribution in [0.25, 0.3) is 5.13 Å². The zero-order valence-corrected chi connectivity index (χ0v) is 20.0. The van der Waals surface area contributed by atoms with Gasteiger partial charge in [-0.3, -0.25) is 9.47 Å². The first kappa shape index (κ1) is 22.7. The molecule has 8 heteroatoms. The molecule has 2 aromatic rings. The molecular formula is C23H39N7S. The molecule has 0 spiro atoms. The van der Waals surface area contributed by atoms with Gasteiger partial charge in [0.1, 0.15) is 0 Å². The number of aromatic nitrogens is 3. The van der Waals surface area contributed by atoms with Crippen molar-refractivity contribution in [3.8, 4) is 5.13 Å². The normalized spacial score (nSPS) is 19.1. The number of piperazine rings is 1. The summed E-state index contributed by atoms with van der Waals surface area (Å²) < 4.78 is 2.19. The van der Waals surface area contributed by atoms with E-state index >= 15 is 0 Å². The standard InChI is InChI=1S/C23H39N7S/c1-2-11-27-16-18-29(19-17-27)22-25-26-23(31-22)30-15-7-9-21(30)20-24-10-8-14-28-12-5-3-4-6-13-28/h7,9,15,24H,2-6,8,10-14,16-20H2,1H3. The van der Waals surface area contributed by atoms with E-state index in [9.17, 15) is 0 Å². The van der Waals surface area contributed by atoms with Crippen LogP contribution in [0.2, 0.25) is 0 Å². The maximum atomic E-state index is 4.51. The van der Waals surface area contributed by atoms with Crippen molar-refractivity contribution in [1.29, 1.82) is 0 Å². The van der Waals surface area contributed by atoms with E-state index in [4.69, 9.17) is 0 Å². The Bertz CT molecular complexity index is 758. The number of anilines is 1. The highest BCUT2D eigenvalue weighted by molar-refractivity contribution is 7.17. The van der Waals surface area contributed by atoms with E-state index in [-0.39, 0.29) is 0 Å². The van der Waals surface area contributed by atoms with Crippen LogP contribution in [0.1, 0.15) is 51.1 Å². The van der Waals surface area contributed by atoms with E-state index in [2.05, 4.69) is 60.0 Å². The van der Waals surface area contributed by atoms with E-state index < -0.39 is 0 Å². The summed E-state index contributed by atoms with van der Waals surface area (Å²) in [5.41, 5.74) is 1.25. The van der Waals surface area contributed by atoms with E-state index in [1.807, 2.05) is 0 Å². The molecule has 0 aliphatic carbocycles. The molecule has 31 heavy (non-hydrogen) atoms. The van der Waals surface area contributed by atoms with Crippen LogP contribution in [0, 0.1) is 0 Å². The Morgan fingerprint density at radius 2 is 1.65 bits per heavy atom. The smallest absolute Gasteiger partial charge is 0.218 e. The number of nitrogens with one attached hydrogen (secondary N) is 1. The van der Waals surface area contributed by atoms with E-state index in [1.54, 1.807) is 11.3 Å². The number of nitrogens with zero attached hydrogens (tertiary/aromatic N) is 6. The van der Waals surface area contributed by atoms with Crippen molar-refractivity contribution in [2.45, 2.75) is 52.0 Å². The van der Waals surface area contributed by atoms with E-state index in [0.29, 0.717) is 0 Å². The molecule has 0 amide bonds. The third-order valence-electron chi connectivity index (χ3n) is 6.46. The molecule has 0 unspecified atom stereocenters. The monoisotopic (exact) mass is 445 g/mol. The van der Waals surface area contributed by atoms with Gasteiger partial charge >= 0.3 is 0 Å². The average Bonchev–Trinajstić information content (AvgIpc) is 3.38. The second-order valence-corrected chi connectivity index (χ2v) is 9.79. The lowest BCUT2D eigenvalue weighted by Gasteiger charge is -2.33. The van der Waals surface area contributed by atoms with Gasteiger partial charge in [-0.1, -0.05) is 31.1 Å². The first-order chi connectivity index (χ1) is 15.3. The molecule has 0 aromatic carbocycles. The van der Waals surface area contributed by atoms with Gasteiger partial charge in [-0.05, 0) is 70.5 Å². The van der Waals surface area contributed by atoms with Crippen LogP contribution in [0.4, 0.5) is 5.13 Å². The minimum atomic E-state index is 0.873. The number of hydrogen-bond acceptors (Lipinski definition) is 7. The van der Waals surface area contributed by atoms with Crippen LogP contribution >= 0.6 is 11.3 Å². The number of likely N-dealkylation sites (tertiary alicyclic amines) is 1. The molecule has 4 heterocycles. The Hall–Kier alpha value is -1.48. The first-order valence-electron chi connectivity index (χ1n) is 12.2. The highest BCUT2D eigenvalue weighted by Gasteiger charge is 2.20. The molecule has 2 fully saturated rings. The molecule has 0 radical (unpaired) electrons. The van der Waals surface area contributed by atoms with E-state index in [0.717, 1.165) is 49.5 Å². The molecule has 0 saturated carbocycles. The van der Waals surface area contributed by atoms with Gasteiger partial charge in [0.05, 0.1) is 0 Å². The predicted molar refractivity (Wildman–Crippen MR) is 129 cm³/mol. The van der Waals surface area contributed by atoms with Crippen molar-refractivity contribution in [2.75, 3.05) is 63.8 Å². The van der Waals surface area contributed by atoms with Crippen LogP contribution < -0.4 is 10.2 Å². The SMILES string of the molecule is CCCN1CCN(c2nnc(-n3cccc3CNCCCN3CCCCCC3)s2)CC1. The summed E-state index contributed by atoms with van der Waals surface area (Å²) in [7, 11) is 0. The molecule has 172 valence electrons. The lowest BCUT2D eigenvalue weighted by molar-refractivity contribution is 0.258.